The molecule has 4 atom stereocenters. The Hall–Kier alpha value is -2.66. The van der Waals surface area contributed by atoms with Crippen LogP contribution in [0.3, 0.4) is 0 Å². The van der Waals surface area contributed by atoms with Gasteiger partial charge in [0, 0.05) is 32.6 Å². The molecule has 0 radical (unpaired) electrons. The van der Waals surface area contributed by atoms with E-state index in [1.807, 2.05) is 60.4 Å². The predicted molar refractivity (Wildman–Crippen MR) is 167 cm³/mol. The van der Waals surface area contributed by atoms with E-state index >= 15 is 0 Å². The van der Waals surface area contributed by atoms with E-state index in [2.05, 4.69) is 27.9 Å². The zero-order chi connectivity index (χ0) is 29.5. The number of carboxylic acids is 1. The van der Waals surface area contributed by atoms with Crippen LogP contribution in [0.2, 0.25) is 10.0 Å². The highest BCUT2D eigenvalue weighted by Gasteiger charge is 2.46. The van der Waals surface area contributed by atoms with Crippen molar-refractivity contribution >= 4 is 63.6 Å². The second-order valence-electron chi connectivity index (χ2n) is 9.99. The van der Waals surface area contributed by atoms with Gasteiger partial charge in [0.15, 0.2) is 0 Å². The van der Waals surface area contributed by atoms with Gasteiger partial charge in [-0.3, -0.25) is 14.4 Å². The van der Waals surface area contributed by atoms with E-state index in [-0.39, 0.29) is 12.5 Å². The highest BCUT2D eigenvalue weighted by molar-refractivity contribution is 14.1. The minimum Gasteiger partial charge on any atom is -0.481 e. The van der Waals surface area contributed by atoms with Crippen LogP contribution in [0.15, 0.2) is 72.8 Å². The third-order valence-electron chi connectivity index (χ3n) is 7.03. The molecule has 0 bridgehead atoms. The first-order valence-corrected chi connectivity index (χ1v) is 15.2. The van der Waals surface area contributed by atoms with Crippen molar-refractivity contribution in [3.63, 3.8) is 0 Å². The van der Waals surface area contributed by atoms with Gasteiger partial charge in [0.25, 0.3) is 5.91 Å². The van der Waals surface area contributed by atoms with Crippen LogP contribution < -0.4 is 5.32 Å². The number of benzene rings is 3. The number of halogens is 3. The standard InChI is InChI=1S/C31H31Cl2IN2O5/c1-2-3-25(18-35-27(37)17-28(38)39)36-29(20-6-10-22(32)11-7-20)30(21-8-12-23(33)13-9-21)41-26(31(36)40)16-19-4-14-24(34)15-5-19/h4-15,25-26,29-30H,2-3,16-18H2,1H3,(H,35,37)(H,38,39)/t25-,26+,29-,30+/m0/s1. The third kappa shape index (κ3) is 8.22. The Morgan fingerprint density at radius 1 is 0.976 bits per heavy atom. The van der Waals surface area contributed by atoms with Crippen LogP contribution in [0.4, 0.5) is 0 Å². The number of ether oxygens (including phenoxy) is 1. The summed E-state index contributed by atoms with van der Waals surface area (Å²) in [5.74, 6) is -2.01. The van der Waals surface area contributed by atoms with Gasteiger partial charge in [0.05, 0.1) is 6.04 Å². The minimum absolute atomic E-state index is 0.110. The van der Waals surface area contributed by atoms with Gasteiger partial charge in [0.2, 0.25) is 5.91 Å². The van der Waals surface area contributed by atoms with E-state index in [4.69, 9.17) is 33.0 Å². The Labute approximate surface area is 263 Å². The fraction of sp³-hybridized carbons (Fsp3) is 0.323. The monoisotopic (exact) mass is 708 g/mol. The molecule has 0 spiro atoms. The molecule has 216 valence electrons. The number of nitrogens with zero attached hydrogens (tertiary/aromatic N) is 1. The number of carbonyl (C=O) groups excluding carboxylic acids is 2. The minimum atomic E-state index is -1.21. The molecule has 1 aliphatic rings. The lowest BCUT2D eigenvalue weighted by Crippen LogP contribution is -2.57. The number of amides is 2. The van der Waals surface area contributed by atoms with Gasteiger partial charge in [-0.25, -0.2) is 0 Å². The molecule has 0 saturated carbocycles. The lowest BCUT2D eigenvalue weighted by molar-refractivity contribution is -0.179. The summed E-state index contributed by atoms with van der Waals surface area (Å²) >= 11 is 14.7. The SMILES string of the molecule is CCC[C@@H](CNC(=O)CC(=O)O)N1C(=O)[C@@H](Cc2ccc(I)cc2)O[C@H](c2ccc(Cl)cc2)[C@@H]1c1ccc(Cl)cc1. The van der Waals surface area contributed by atoms with Crippen LogP contribution in [-0.2, 0) is 25.5 Å². The molecule has 0 aromatic heterocycles. The quantitative estimate of drug-likeness (QED) is 0.173. The van der Waals surface area contributed by atoms with E-state index in [1.54, 1.807) is 24.3 Å². The Bertz CT molecular complexity index is 1350. The van der Waals surface area contributed by atoms with Gasteiger partial charge < -0.3 is 20.1 Å². The number of morpholine rings is 1. The van der Waals surface area contributed by atoms with Crippen LogP contribution in [-0.4, -0.2) is 46.5 Å². The van der Waals surface area contributed by atoms with Crippen LogP contribution in [0.25, 0.3) is 0 Å². The van der Waals surface area contributed by atoms with Crippen molar-refractivity contribution in [2.75, 3.05) is 6.54 Å². The molecule has 7 nitrogen and oxygen atoms in total. The van der Waals surface area contributed by atoms with Gasteiger partial charge in [0.1, 0.15) is 18.6 Å². The van der Waals surface area contributed by atoms with E-state index in [0.717, 1.165) is 26.7 Å². The molecule has 0 unspecified atom stereocenters. The van der Waals surface area contributed by atoms with Crippen molar-refractivity contribution in [1.29, 1.82) is 0 Å². The van der Waals surface area contributed by atoms with Crippen LogP contribution >= 0.6 is 45.8 Å². The van der Waals surface area contributed by atoms with Crippen molar-refractivity contribution in [3.8, 4) is 0 Å². The van der Waals surface area contributed by atoms with Crippen LogP contribution in [0, 0.1) is 3.57 Å². The summed E-state index contributed by atoms with van der Waals surface area (Å²) in [6.45, 7) is 2.12. The fourth-order valence-electron chi connectivity index (χ4n) is 5.15. The highest BCUT2D eigenvalue weighted by Crippen LogP contribution is 2.44. The van der Waals surface area contributed by atoms with Crippen molar-refractivity contribution in [2.45, 2.75) is 56.9 Å². The number of rotatable bonds is 11. The third-order valence-corrected chi connectivity index (χ3v) is 8.26. The molecule has 2 amide bonds. The molecule has 1 aliphatic heterocycles. The van der Waals surface area contributed by atoms with Gasteiger partial charge in [-0.2, -0.15) is 0 Å². The molecule has 3 aromatic rings. The first-order chi connectivity index (χ1) is 19.7. The van der Waals surface area contributed by atoms with Crippen LogP contribution in [0.1, 0.15) is 55.0 Å². The maximum Gasteiger partial charge on any atom is 0.312 e. The zero-order valence-electron chi connectivity index (χ0n) is 22.4. The average molecular weight is 709 g/mol. The molecule has 4 rings (SSSR count). The van der Waals surface area contributed by atoms with Crippen molar-refractivity contribution in [1.82, 2.24) is 10.2 Å². The molecular formula is C31H31Cl2IN2O5. The number of carbonyl (C=O) groups is 3. The fourth-order valence-corrected chi connectivity index (χ4v) is 5.76. The Kier molecular flexibility index (Phi) is 11.1. The summed E-state index contributed by atoms with van der Waals surface area (Å²) in [5.41, 5.74) is 2.64. The van der Waals surface area contributed by atoms with Crippen molar-refractivity contribution in [3.05, 3.63) is 103 Å². The molecule has 1 saturated heterocycles. The van der Waals surface area contributed by atoms with Crippen molar-refractivity contribution < 1.29 is 24.2 Å². The topological polar surface area (TPSA) is 95.9 Å². The number of aliphatic carboxylic acids is 1. The Balaban J connectivity index is 1.79. The molecule has 1 heterocycles. The first-order valence-electron chi connectivity index (χ1n) is 13.4. The number of nitrogens with one attached hydrogen (secondary N) is 1. The highest BCUT2D eigenvalue weighted by atomic mass is 127. The summed E-state index contributed by atoms with van der Waals surface area (Å²) in [7, 11) is 0. The zero-order valence-corrected chi connectivity index (χ0v) is 26.1. The van der Waals surface area contributed by atoms with Gasteiger partial charge in [-0.15, -0.1) is 0 Å². The summed E-state index contributed by atoms with van der Waals surface area (Å²) in [6, 6.07) is 21.7. The number of hydrogen-bond acceptors (Lipinski definition) is 4. The van der Waals surface area contributed by atoms with Gasteiger partial charge in [-0.05, 0) is 82.1 Å². The lowest BCUT2D eigenvalue weighted by atomic mass is 9.88. The summed E-state index contributed by atoms with van der Waals surface area (Å²) in [4.78, 5) is 39.6. The maximum absolute atomic E-state index is 14.4. The molecule has 10 heteroatoms. The second-order valence-corrected chi connectivity index (χ2v) is 12.1. The van der Waals surface area contributed by atoms with Crippen LogP contribution in [0.5, 0.6) is 0 Å². The summed E-state index contributed by atoms with van der Waals surface area (Å²) in [5, 5.41) is 13.0. The number of hydrogen-bond donors (Lipinski definition) is 2. The predicted octanol–water partition coefficient (Wildman–Crippen LogP) is 6.61. The first kappa shape index (κ1) is 31.3. The molecule has 0 aliphatic carbocycles. The summed E-state index contributed by atoms with van der Waals surface area (Å²) < 4.78 is 7.75. The number of carboxylic acid groups (broad SMARTS) is 1. The summed E-state index contributed by atoms with van der Waals surface area (Å²) in [6.07, 6.45) is -0.271. The van der Waals surface area contributed by atoms with E-state index in [0.29, 0.717) is 22.9 Å². The lowest BCUT2D eigenvalue weighted by Gasteiger charge is -2.48. The normalized spacial score (nSPS) is 19.6. The van der Waals surface area contributed by atoms with E-state index in [9.17, 15) is 14.4 Å². The molecule has 1 fully saturated rings. The Morgan fingerprint density at radius 3 is 2.12 bits per heavy atom. The van der Waals surface area contributed by atoms with Gasteiger partial charge in [-0.1, -0.05) is 72.9 Å². The molecule has 2 N–H and O–H groups in total. The maximum atomic E-state index is 14.4. The van der Waals surface area contributed by atoms with E-state index < -0.39 is 42.6 Å². The Morgan fingerprint density at radius 2 is 1.56 bits per heavy atom. The van der Waals surface area contributed by atoms with Crippen molar-refractivity contribution in [2.24, 2.45) is 0 Å². The molecular weight excluding hydrogens is 678 g/mol. The second kappa shape index (κ2) is 14.5. The molecule has 3 aromatic carbocycles. The van der Waals surface area contributed by atoms with E-state index in [1.165, 1.54) is 0 Å². The largest absolute Gasteiger partial charge is 0.481 e. The molecule has 41 heavy (non-hydrogen) atoms. The van der Waals surface area contributed by atoms with Gasteiger partial charge >= 0.3 is 5.97 Å². The smallest absolute Gasteiger partial charge is 0.312 e. The average Bonchev–Trinajstić information content (AvgIpc) is 2.94.